The highest BCUT2D eigenvalue weighted by molar-refractivity contribution is 9.10. The molecular weight excluding hydrogens is 566 g/mol. The van der Waals surface area contributed by atoms with Gasteiger partial charge in [-0.3, -0.25) is 4.79 Å². The van der Waals surface area contributed by atoms with Gasteiger partial charge in [0, 0.05) is 0 Å². The molecule has 0 aliphatic carbocycles. The Kier molecular flexibility index (Phi) is 8.25. The molecule has 0 radical (unpaired) electrons. The number of nitrogens with zero attached hydrogens (tertiary/aromatic N) is 2. The van der Waals surface area contributed by atoms with Crippen LogP contribution in [0, 0.1) is 0 Å². The average Bonchev–Trinajstić information content (AvgIpc) is 3.35. The topological polar surface area (TPSA) is 86.0 Å². The third kappa shape index (κ3) is 6.17. The SMILES string of the molecule is CCOc1cc(/C=N\NC(=O)CSc2nc3ccccc3o2)cc(Br)c1OCc1cccc2ccccc12. The number of aromatic nitrogens is 1. The second kappa shape index (κ2) is 12.1. The maximum absolute atomic E-state index is 12.3. The molecule has 7 nitrogen and oxygen atoms in total. The van der Waals surface area contributed by atoms with Crippen LogP contribution < -0.4 is 14.9 Å². The van der Waals surface area contributed by atoms with Crippen LogP contribution in [0.4, 0.5) is 0 Å². The quantitative estimate of drug-likeness (QED) is 0.108. The number of rotatable bonds is 10. The Morgan fingerprint density at radius 1 is 1.08 bits per heavy atom. The van der Waals surface area contributed by atoms with Crippen LogP contribution in [-0.4, -0.2) is 29.5 Å². The van der Waals surface area contributed by atoms with Gasteiger partial charge < -0.3 is 13.9 Å². The summed E-state index contributed by atoms with van der Waals surface area (Å²) in [6.07, 6.45) is 1.56. The molecule has 1 N–H and O–H groups in total. The molecule has 9 heteroatoms. The lowest BCUT2D eigenvalue weighted by atomic mass is 10.1. The number of benzene rings is 4. The van der Waals surface area contributed by atoms with E-state index in [0.717, 1.165) is 26.5 Å². The van der Waals surface area contributed by atoms with Gasteiger partial charge in [0.15, 0.2) is 17.1 Å². The molecule has 5 aromatic rings. The molecule has 1 amide bonds. The third-order valence-electron chi connectivity index (χ3n) is 5.59. The minimum absolute atomic E-state index is 0.124. The van der Waals surface area contributed by atoms with Crippen molar-refractivity contribution in [2.24, 2.45) is 5.10 Å². The van der Waals surface area contributed by atoms with Crippen LogP contribution in [0.1, 0.15) is 18.1 Å². The molecular formula is C29H24BrN3O4S. The molecule has 1 heterocycles. The van der Waals surface area contributed by atoms with Crippen molar-refractivity contribution in [3.8, 4) is 11.5 Å². The minimum atomic E-state index is -0.271. The molecule has 192 valence electrons. The molecule has 1 aromatic heterocycles. The van der Waals surface area contributed by atoms with E-state index in [1.54, 1.807) is 6.21 Å². The Hall–Kier alpha value is -3.82. The zero-order valence-electron chi connectivity index (χ0n) is 20.5. The van der Waals surface area contributed by atoms with Gasteiger partial charge in [0.05, 0.1) is 23.0 Å². The number of amides is 1. The number of ether oxygens (including phenoxy) is 2. The van der Waals surface area contributed by atoms with Gasteiger partial charge in [0.2, 0.25) is 0 Å². The molecule has 4 aromatic carbocycles. The van der Waals surface area contributed by atoms with Gasteiger partial charge in [-0.05, 0) is 69.0 Å². The number of carbonyl (C=O) groups is 1. The largest absolute Gasteiger partial charge is 0.490 e. The van der Waals surface area contributed by atoms with E-state index in [0.29, 0.717) is 35.5 Å². The van der Waals surface area contributed by atoms with Crippen molar-refractivity contribution >= 4 is 61.7 Å². The van der Waals surface area contributed by atoms with Crippen molar-refractivity contribution in [3.05, 3.63) is 94.5 Å². The van der Waals surface area contributed by atoms with Gasteiger partial charge in [0.25, 0.3) is 11.1 Å². The molecule has 38 heavy (non-hydrogen) atoms. The fourth-order valence-electron chi connectivity index (χ4n) is 3.88. The van der Waals surface area contributed by atoms with Crippen molar-refractivity contribution in [3.63, 3.8) is 0 Å². The van der Waals surface area contributed by atoms with E-state index in [4.69, 9.17) is 13.9 Å². The molecule has 0 saturated carbocycles. The summed E-state index contributed by atoms with van der Waals surface area (Å²) in [4.78, 5) is 16.6. The molecule has 0 aliphatic heterocycles. The summed E-state index contributed by atoms with van der Waals surface area (Å²) in [6, 6.07) is 25.6. The van der Waals surface area contributed by atoms with Gasteiger partial charge in [-0.25, -0.2) is 10.4 Å². The third-order valence-corrected chi connectivity index (χ3v) is 7.00. The molecule has 0 aliphatic rings. The predicted octanol–water partition coefficient (Wildman–Crippen LogP) is 6.96. The molecule has 0 unspecified atom stereocenters. The maximum atomic E-state index is 12.3. The molecule has 5 rings (SSSR count). The Morgan fingerprint density at radius 3 is 2.76 bits per heavy atom. The first-order valence-electron chi connectivity index (χ1n) is 12.0. The Morgan fingerprint density at radius 2 is 1.89 bits per heavy atom. The van der Waals surface area contributed by atoms with E-state index in [1.807, 2.05) is 61.5 Å². The standard InChI is InChI=1S/C29H24BrN3O4S/c1-2-35-26-15-19(16-31-33-27(34)18-38-29-32-24-12-5-6-13-25(24)37-29)14-23(30)28(26)36-17-21-10-7-9-20-8-3-4-11-22(20)21/h3-16H,2,17-18H2,1H3,(H,33,34)/b31-16-. The summed E-state index contributed by atoms with van der Waals surface area (Å²) in [6.45, 7) is 2.78. The summed E-state index contributed by atoms with van der Waals surface area (Å²) in [5.74, 6) is 1.05. The van der Waals surface area contributed by atoms with E-state index in [2.05, 4.69) is 55.7 Å². The Labute approximate surface area is 232 Å². The summed E-state index contributed by atoms with van der Waals surface area (Å²) in [7, 11) is 0. The molecule has 0 fully saturated rings. The molecule has 0 spiro atoms. The zero-order valence-corrected chi connectivity index (χ0v) is 22.9. The van der Waals surface area contributed by atoms with Crippen LogP contribution in [0.3, 0.4) is 0 Å². The first-order valence-corrected chi connectivity index (χ1v) is 13.7. The van der Waals surface area contributed by atoms with Crippen molar-refractivity contribution in [2.75, 3.05) is 12.4 Å². The number of nitrogens with one attached hydrogen (secondary N) is 1. The smallest absolute Gasteiger partial charge is 0.257 e. The summed E-state index contributed by atoms with van der Waals surface area (Å²) < 4.78 is 18.4. The summed E-state index contributed by atoms with van der Waals surface area (Å²) in [5, 5.41) is 6.85. The second-order valence-corrected chi connectivity index (χ2v) is 10.0. The van der Waals surface area contributed by atoms with Crippen molar-refractivity contribution in [1.82, 2.24) is 10.4 Å². The number of hydrogen-bond donors (Lipinski definition) is 1. The van der Waals surface area contributed by atoms with Crippen LogP contribution in [0.5, 0.6) is 11.5 Å². The van der Waals surface area contributed by atoms with Gasteiger partial charge in [-0.2, -0.15) is 5.10 Å². The Bertz CT molecular complexity index is 1580. The average molecular weight is 590 g/mol. The van der Waals surface area contributed by atoms with Crippen LogP contribution in [0.15, 0.2) is 98.1 Å². The maximum Gasteiger partial charge on any atom is 0.257 e. The van der Waals surface area contributed by atoms with E-state index in [1.165, 1.54) is 17.1 Å². The van der Waals surface area contributed by atoms with Gasteiger partial charge in [-0.1, -0.05) is 66.4 Å². The van der Waals surface area contributed by atoms with Crippen molar-refractivity contribution in [2.45, 2.75) is 18.8 Å². The van der Waals surface area contributed by atoms with E-state index in [9.17, 15) is 4.79 Å². The number of fused-ring (bicyclic) bond motifs is 2. The lowest BCUT2D eigenvalue weighted by Crippen LogP contribution is -2.19. The second-order valence-electron chi connectivity index (χ2n) is 8.22. The highest BCUT2D eigenvalue weighted by atomic mass is 79.9. The molecule has 0 saturated heterocycles. The number of thioether (sulfide) groups is 1. The zero-order chi connectivity index (χ0) is 26.3. The number of carbonyl (C=O) groups excluding carboxylic acids is 1. The van der Waals surface area contributed by atoms with Crippen LogP contribution >= 0.6 is 27.7 Å². The first-order chi connectivity index (χ1) is 18.6. The van der Waals surface area contributed by atoms with Gasteiger partial charge >= 0.3 is 0 Å². The van der Waals surface area contributed by atoms with Crippen LogP contribution in [0.2, 0.25) is 0 Å². The fraction of sp³-hybridized carbons (Fsp3) is 0.138. The first kappa shape index (κ1) is 25.8. The minimum Gasteiger partial charge on any atom is -0.490 e. The van der Waals surface area contributed by atoms with Gasteiger partial charge in [-0.15, -0.1) is 0 Å². The monoisotopic (exact) mass is 589 g/mol. The molecule has 0 bridgehead atoms. The highest BCUT2D eigenvalue weighted by Gasteiger charge is 2.13. The van der Waals surface area contributed by atoms with Gasteiger partial charge in [0.1, 0.15) is 12.1 Å². The lowest BCUT2D eigenvalue weighted by molar-refractivity contribution is -0.118. The lowest BCUT2D eigenvalue weighted by Gasteiger charge is -2.15. The predicted molar refractivity (Wildman–Crippen MR) is 154 cm³/mol. The fourth-order valence-corrected chi connectivity index (χ4v) is 5.09. The van der Waals surface area contributed by atoms with Crippen LogP contribution in [-0.2, 0) is 11.4 Å². The number of hydrazone groups is 1. The normalized spacial score (nSPS) is 11.3. The molecule has 0 atom stereocenters. The number of para-hydroxylation sites is 2. The van der Waals surface area contributed by atoms with Crippen LogP contribution in [0.25, 0.3) is 21.9 Å². The van der Waals surface area contributed by atoms with E-state index < -0.39 is 0 Å². The Balaban J connectivity index is 1.22. The van der Waals surface area contributed by atoms with E-state index in [-0.39, 0.29) is 11.7 Å². The summed E-state index contributed by atoms with van der Waals surface area (Å²) in [5.41, 5.74) is 5.81. The van der Waals surface area contributed by atoms with E-state index >= 15 is 0 Å². The van der Waals surface area contributed by atoms with Crippen molar-refractivity contribution < 1.29 is 18.7 Å². The number of hydrogen-bond acceptors (Lipinski definition) is 7. The highest BCUT2D eigenvalue weighted by Crippen LogP contribution is 2.37. The van der Waals surface area contributed by atoms with Crippen molar-refractivity contribution in [1.29, 1.82) is 0 Å². The number of halogens is 1. The number of oxazole rings is 1. The summed E-state index contributed by atoms with van der Waals surface area (Å²) >= 11 is 4.81.